The molecule has 1 atom stereocenters. The van der Waals surface area contributed by atoms with Crippen molar-refractivity contribution < 1.29 is 27.0 Å². The zero-order chi connectivity index (χ0) is 18.6. The minimum atomic E-state index is -4.47. The second kappa shape index (κ2) is 8.58. The summed E-state index contributed by atoms with van der Waals surface area (Å²) in [6.07, 6.45) is -3.58. The molecule has 2 aromatic rings. The molecule has 25 heavy (non-hydrogen) atoms. The first-order valence-electron chi connectivity index (χ1n) is 7.10. The fourth-order valence-electron chi connectivity index (χ4n) is 2.03. The Morgan fingerprint density at radius 3 is 2.52 bits per heavy atom. The number of hydrogen-bond donors (Lipinski definition) is 0. The van der Waals surface area contributed by atoms with Crippen LogP contribution in [0.4, 0.5) is 13.2 Å². The zero-order valence-corrected chi connectivity index (χ0v) is 16.3. The smallest absolute Gasteiger partial charge is 0.416 e. The standard InChI is InChI=1S/C16H14BrClF3O3P/c1-23-25(22)7-6-10-8-12(3-4-13(10)17)24-15-5-2-11(9-14(15)18)16(19,20)21/h2-5,8-9,25H,6-7H2,1H3. The van der Waals surface area contributed by atoms with Gasteiger partial charge in [-0.15, -0.1) is 0 Å². The van der Waals surface area contributed by atoms with Gasteiger partial charge in [-0.25, -0.2) is 0 Å². The number of ether oxygens (including phenoxy) is 1. The number of alkyl halides is 3. The summed E-state index contributed by atoms with van der Waals surface area (Å²) >= 11 is 9.29. The van der Waals surface area contributed by atoms with Gasteiger partial charge < -0.3 is 9.26 Å². The summed E-state index contributed by atoms with van der Waals surface area (Å²) in [4.78, 5) is 0. The lowest BCUT2D eigenvalue weighted by atomic mass is 10.1. The Hall–Kier alpha value is -1.01. The van der Waals surface area contributed by atoms with E-state index in [9.17, 15) is 17.7 Å². The first kappa shape index (κ1) is 20.3. The van der Waals surface area contributed by atoms with Crippen LogP contribution in [0.5, 0.6) is 11.5 Å². The molecule has 0 aliphatic carbocycles. The summed E-state index contributed by atoms with van der Waals surface area (Å²) in [6, 6.07) is 8.01. The van der Waals surface area contributed by atoms with E-state index in [4.69, 9.17) is 20.9 Å². The van der Waals surface area contributed by atoms with Gasteiger partial charge in [0, 0.05) is 17.7 Å². The van der Waals surface area contributed by atoms with Gasteiger partial charge in [0.1, 0.15) is 11.5 Å². The topological polar surface area (TPSA) is 35.5 Å². The molecule has 0 N–H and O–H groups in total. The van der Waals surface area contributed by atoms with Crippen LogP contribution in [-0.4, -0.2) is 13.3 Å². The lowest BCUT2D eigenvalue weighted by molar-refractivity contribution is -0.137. The molecular formula is C16H14BrClF3O3P. The maximum absolute atomic E-state index is 12.7. The molecule has 0 heterocycles. The third kappa shape index (κ3) is 5.74. The lowest BCUT2D eigenvalue weighted by Gasteiger charge is -2.12. The number of rotatable bonds is 6. The Bertz CT molecular complexity index is 784. The van der Waals surface area contributed by atoms with Crippen LogP contribution in [0.3, 0.4) is 0 Å². The van der Waals surface area contributed by atoms with Crippen molar-refractivity contribution in [2.45, 2.75) is 12.6 Å². The van der Waals surface area contributed by atoms with Gasteiger partial charge in [0.05, 0.1) is 10.6 Å². The fraction of sp³-hybridized carbons (Fsp3) is 0.250. The Balaban J connectivity index is 2.19. The predicted octanol–water partition coefficient (Wildman–Crippen LogP) is 6.58. The van der Waals surface area contributed by atoms with Crippen molar-refractivity contribution >= 4 is 35.6 Å². The highest BCUT2D eigenvalue weighted by Gasteiger charge is 2.31. The largest absolute Gasteiger partial charge is 0.456 e. The minimum Gasteiger partial charge on any atom is -0.456 e. The summed E-state index contributed by atoms with van der Waals surface area (Å²) in [6.45, 7) is 0. The quantitative estimate of drug-likeness (QED) is 0.460. The minimum absolute atomic E-state index is 0.119. The highest BCUT2D eigenvalue weighted by Crippen LogP contribution is 2.37. The van der Waals surface area contributed by atoms with Crippen LogP contribution >= 0.6 is 35.6 Å². The Morgan fingerprint density at radius 1 is 1.20 bits per heavy atom. The number of aryl methyl sites for hydroxylation is 1. The highest BCUT2D eigenvalue weighted by atomic mass is 79.9. The molecule has 2 rings (SSSR count). The fourth-order valence-corrected chi connectivity index (χ4v) is 3.37. The number of halogens is 5. The van der Waals surface area contributed by atoms with Gasteiger partial charge in [-0.05, 0) is 48.4 Å². The van der Waals surface area contributed by atoms with E-state index in [1.807, 2.05) is 0 Å². The van der Waals surface area contributed by atoms with Crippen molar-refractivity contribution in [1.82, 2.24) is 0 Å². The third-order valence-corrected chi connectivity index (χ3v) is 5.51. The van der Waals surface area contributed by atoms with Crippen molar-refractivity contribution in [2.24, 2.45) is 0 Å². The van der Waals surface area contributed by atoms with Gasteiger partial charge in [0.2, 0.25) is 0 Å². The van der Waals surface area contributed by atoms with Crippen LogP contribution in [0.25, 0.3) is 0 Å². The van der Waals surface area contributed by atoms with Crippen molar-refractivity contribution in [2.75, 3.05) is 13.3 Å². The Labute approximate surface area is 157 Å². The molecule has 0 bridgehead atoms. The molecule has 0 aliphatic heterocycles. The summed E-state index contributed by atoms with van der Waals surface area (Å²) in [7, 11) is -0.687. The zero-order valence-electron chi connectivity index (χ0n) is 13.0. The molecular weight excluding hydrogens is 443 g/mol. The summed E-state index contributed by atoms with van der Waals surface area (Å²) in [5.41, 5.74) is 0.00182. The van der Waals surface area contributed by atoms with Gasteiger partial charge >= 0.3 is 6.18 Å². The second-order valence-corrected chi connectivity index (χ2v) is 7.99. The number of hydrogen-bond acceptors (Lipinski definition) is 3. The van der Waals surface area contributed by atoms with E-state index in [2.05, 4.69) is 15.9 Å². The van der Waals surface area contributed by atoms with Gasteiger partial charge in [-0.2, -0.15) is 13.2 Å². The SMILES string of the molecule is CO[PH](=O)CCc1cc(Oc2ccc(C(F)(F)F)cc2Cl)ccc1Br. The van der Waals surface area contributed by atoms with Crippen LogP contribution < -0.4 is 4.74 Å². The molecule has 9 heteroatoms. The summed E-state index contributed by atoms with van der Waals surface area (Å²) in [5, 5.41) is -0.135. The molecule has 0 radical (unpaired) electrons. The van der Waals surface area contributed by atoms with Crippen molar-refractivity contribution in [3.63, 3.8) is 0 Å². The third-order valence-electron chi connectivity index (χ3n) is 3.33. The molecule has 3 nitrogen and oxygen atoms in total. The monoisotopic (exact) mass is 456 g/mol. The maximum Gasteiger partial charge on any atom is 0.416 e. The Morgan fingerprint density at radius 2 is 1.92 bits per heavy atom. The first-order valence-corrected chi connectivity index (χ1v) is 9.80. The van der Waals surface area contributed by atoms with Gasteiger partial charge in [0.25, 0.3) is 0 Å². The highest BCUT2D eigenvalue weighted by molar-refractivity contribution is 9.10. The van der Waals surface area contributed by atoms with Crippen LogP contribution in [-0.2, 0) is 21.7 Å². The van der Waals surface area contributed by atoms with Crippen LogP contribution in [0.2, 0.25) is 5.02 Å². The van der Waals surface area contributed by atoms with E-state index < -0.39 is 19.8 Å². The molecule has 0 amide bonds. The molecule has 1 unspecified atom stereocenters. The van der Waals surface area contributed by atoms with Gasteiger partial charge in [0.15, 0.2) is 8.03 Å². The van der Waals surface area contributed by atoms with E-state index in [-0.39, 0.29) is 10.8 Å². The molecule has 0 fully saturated rings. The van der Waals surface area contributed by atoms with E-state index in [1.165, 1.54) is 13.2 Å². The summed E-state index contributed by atoms with van der Waals surface area (Å²) < 4.78 is 60.6. The predicted molar refractivity (Wildman–Crippen MR) is 95.3 cm³/mol. The summed E-state index contributed by atoms with van der Waals surface area (Å²) in [5.74, 6) is 0.533. The molecule has 0 saturated carbocycles. The first-order chi connectivity index (χ1) is 11.7. The van der Waals surface area contributed by atoms with Gasteiger partial charge in [-0.3, -0.25) is 4.57 Å². The molecule has 0 aliphatic rings. The van der Waals surface area contributed by atoms with Gasteiger partial charge in [-0.1, -0.05) is 27.5 Å². The van der Waals surface area contributed by atoms with E-state index in [1.54, 1.807) is 18.2 Å². The molecule has 0 spiro atoms. The van der Waals surface area contributed by atoms with Crippen LogP contribution in [0, 0.1) is 0 Å². The normalized spacial score (nSPS) is 12.9. The Kier molecular flexibility index (Phi) is 6.97. The van der Waals surface area contributed by atoms with Crippen LogP contribution in [0.1, 0.15) is 11.1 Å². The molecule has 0 saturated heterocycles. The molecule has 136 valence electrons. The molecule has 2 aromatic carbocycles. The second-order valence-electron chi connectivity index (χ2n) is 5.07. The maximum atomic E-state index is 12.7. The van der Waals surface area contributed by atoms with Crippen LogP contribution in [0.15, 0.2) is 40.9 Å². The molecule has 0 aromatic heterocycles. The number of benzene rings is 2. The average molecular weight is 458 g/mol. The van der Waals surface area contributed by atoms with Crippen molar-refractivity contribution in [3.05, 3.63) is 57.0 Å². The lowest BCUT2D eigenvalue weighted by Crippen LogP contribution is -2.04. The van der Waals surface area contributed by atoms with E-state index >= 15 is 0 Å². The van der Waals surface area contributed by atoms with E-state index in [0.717, 1.165) is 22.2 Å². The van der Waals surface area contributed by atoms with Crippen molar-refractivity contribution in [3.8, 4) is 11.5 Å². The average Bonchev–Trinajstić information content (AvgIpc) is 2.55. The van der Waals surface area contributed by atoms with E-state index in [0.29, 0.717) is 18.3 Å². The van der Waals surface area contributed by atoms with Crippen molar-refractivity contribution in [1.29, 1.82) is 0 Å².